The minimum Gasteiger partial charge on any atom is -0.502 e. The molecule has 0 bridgehead atoms. The zero-order valence-electron chi connectivity index (χ0n) is 15.6. The lowest BCUT2D eigenvalue weighted by atomic mass is 9.98. The molecule has 29 heavy (non-hydrogen) atoms. The number of carbonyl (C=O) groups is 1. The van der Waals surface area contributed by atoms with Crippen molar-refractivity contribution in [2.24, 2.45) is 0 Å². The van der Waals surface area contributed by atoms with Crippen molar-refractivity contribution in [3.05, 3.63) is 65.7 Å². The molecule has 146 valence electrons. The van der Waals surface area contributed by atoms with Crippen LogP contribution in [0.3, 0.4) is 0 Å². The number of ketones is 1. The number of ether oxygens (including phenoxy) is 2. The molecule has 0 amide bonds. The molecule has 2 heterocycles. The van der Waals surface area contributed by atoms with Gasteiger partial charge in [0.25, 0.3) is 0 Å². The number of thiazole rings is 1. The third-order valence-corrected chi connectivity index (χ3v) is 5.15. The summed E-state index contributed by atoms with van der Waals surface area (Å²) in [7, 11) is 2.82. The molecular formula is C20H16N4O4S. The van der Waals surface area contributed by atoms with Crippen LogP contribution in [-0.2, 0) is 0 Å². The van der Waals surface area contributed by atoms with Gasteiger partial charge in [0.2, 0.25) is 5.75 Å². The van der Waals surface area contributed by atoms with Crippen molar-refractivity contribution < 1.29 is 19.4 Å². The molecule has 4 aromatic rings. The molecule has 0 unspecified atom stereocenters. The Morgan fingerprint density at radius 3 is 2.48 bits per heavy atom. The first-order chi connectivity index (χ1) is 14.1. The lowest BCUT2D eigenvalue weighted by Gasteiger charge is -2.13. The van der Waals surface area contributed by atoms with Crippen LogP contribution >= 0.6 is 11.3 Å². The Bertz CT molecular complexity index is 1130. The molecule has 8 nitrogen and oxygen atoms in total. The van der Waals surface area contributed by atoms with E-state index in [1.54, 1.807) is 18.3 Å². The molecular weight excluding hydrogens is 392 g/mol. The molecule has 0 aliphatic rings. The van der Waals surface area contributed by atoms with E-state index in [0.717, 1.165) is 10.6 Å². The average Bonchev–Trinajstić information content (AvgIpc) is 3.47. The lowest BCUT2D eigenvalue weighted by molar-refractivity contribution is 0.103. The molecule has 1 N–H and O–H groups in total. The van der Waals surface area contributed by atoms with Crippen LogP contribution in [0.2, 0.25) is 0 Å². The van der Waals surface area contributed by atoms with Gasteiger partial charge in [0.1, 0.15) is 17.7 Å². The van der Waals surface area contributed by atoms with Gasteiger partial charge < -0.3 is 14.6 Å². The van der Waals surface area contributed by atoms with Crippen LogP contribution in [0.25, 0.3) is 16.3 Å². The first kappa shape index (κ1) is 18.6. The van der Waals surface area contributed by atoms with Crippen LogP contribution in [0.4, 0.5) is 0 Å². The van der Waals surface area contributed by atoms with E-state index >= 15 is 0 Å². The van der Waals surface area contributed by atoms with Gasteiger partial charge in [-0.2, -0.15) is 5.10 Å². The number of aromatic nitrogens is 4. The highest BCUT2D eigenvalue weighted by Crippen LogP contribution is 2.38. The molecule has 0 atom stereocenters. The minimum atomic E-state index is -0.287. The van der Waals surface area contributed by atoms with Crippen molar-refractivity contribution in [3.63, 3.8) is 0 Å². The quantitative estimate of drug-likeness (QED) is 0.489. The van der Waals surface area contributed by atoms with Gasteiger partial charge in [-0.3, -0.25) is 4.79 Å². The summed E-state index contributed by atoms with van der Waals surface area (Å²) < 4.78 is 11.9. The zero-order valence-corrected chi connectivity index (χ0v) is 16.4. The van der Waals surface area contributed by atoms with Crippen molar-refractivity contribution in [2.45, 2.75) is 0 Å². The molecule has 0 aliphatic heterocycles. The van der Waals surface area contributed by atoms with Gasteiger partial charge in [0, 0.05) is 28.3 Å². The summed E-state index contributed by atoms with van der Waals surface area (Å²) in [5.74, 6) is -0.165. The maximum Gasteiger partial charge on any atom is 0.200 e. The predicted octanol–water partition coefficient (Wildman–Crippen LogP) is 3.34. The molecule has 9 heteroatoms. The van der Waals surface area contributed by atoms with Crippen LogP contribution in [0, 0.1) is 0 Å². The van der Waals surface area contributed by atoms with Gasteiger partial charge in [-0.25, -0.2) is 14.6 Å². The Kier molecular flexibility index (Phi) is 4.96. The fourth-order valence-corrected chi connectivity index (χ4v) is 3.56. The fourth-order valence-electron chi connectivity index (χ4n) is 2.93. The summed E-state index contributed by atoms with van der Waals surface area (Å²) in [6, 6.07) is 8.39. The van der Waals surface area contributed by atoms with Crippen LogP contribution in [-0.4, -0.2) is 44.9 Å². The summed E-state index contributed by atoms with van der Waals surface area (Å²) in [4.78, 5) is 21.7. The average molecular weight is 408 g/mol. The molecule has 0 saturated carbocycles. The standard InChI is InChI=1S/C20H16N4O4S/c1-27-16-8-13(9-17(28-2)19(16)26)18(25)14-7-12(20-22-5-6-29-20)3-4-15(14)24-11-21-10-23-24/h3-11,26H,1-2H3. The molecule has 2 aromatic carbocycles. The molecule has 4 rings (SSSR count). The summed E-state index contributed by atoms with van der Waals surface area (Å²) in [5, 5.41) is 17.0. The number of aromatic hydroxyl groups is 1. The Morgan fingerprint density at radius 2 is 1.90 bits per heavy atom. The van der Waals surface area contributed by atoms with E-state index in [9.17, 15) is 9.90 Å². The fraction of sp³-hybridized carbons (Fsp3) is 0.100. The zero-order chi connectivity index (χ0) is 20.4. The van der Waals surface area contributed by atoms with E-state index in [1.165, 1.54) is 55.0 Å². The van der Waals surface area contributed by atoms with E-state index in [4.69, 9.17) is 9.47 Å². The van der Waals surface area contributed by atoms with Crippen molar-refractivity contribution in [3.8, 4) is 33.5 Å². The lowest BCUT2D eigenvalue weighted by Crippen LogP contribution is -2.09. The highest BCUT2D eigenvalue weighted by atomic mass is 32.1. The van der Waals surface area contributed by atoms with E-state index in [2.05, 4.69) is 15.1 Å². The number of rotatable bonds is 6. The normalized spacial score (nSPS) is 10.7. The third kappa shape index (κ3) is 3.43. The molecule has 2 aromatic heterocycles. The summed E-state index contributed by atoms with van der Waals surface area (Å²) in [6.45, 7) is 0. The van der Waals surface area contributed by atoms with Gasteiger partial charge in [0.15, 0.2) is 17.3 Å². The number of phenols is 1. The Labute approximate surface area is 170 Å². The second kappa shape index (κ2) is 7.72. The van der Waals surface area contributed by atoms with Crippen molar-refractivity contribution in [2.75, 3.05) is 14.2 Å². The van der Waals surface area contributed by atoms with E-state index < -0.39 is 0 Å². The maximum absolute atomic E-state index is 13.5. The number of carbonyl (C=O) groups excluding carboxylic acids is 1. The van der Waals surface area contributed by atoms with Crippen LogP contribution in [0.15, 0.2) is 54.6 Å². The van der Waals surface area contributed by atoms with E-state index in [0.29, 0.717) is 16.8 Å². The largest absolute Gasteiger partial charge is 0.502 e. The second-order valence-electron chi connectivity index (χ2n) is 5.97. The van der Waals surface area contributed by atoms with Gasteiger partial charge >= 0.3 is 0 Å². The number of hydrogen-bond acceptors (Lipinski definition) is 8. The van der Waals surface area contributed by atoms with E-state index in [1.807, 2.05) is 11.4 Å². The van der Waals surface area contributed by atoms with Crippen molar-refractivity contribution >= 4 is 17.1 Å². The number of nitrogens with zero attached hydrogens (tertiary/aromatic N) is 4. The highest BCUT2D eigenvalue weighted by Gasteiger charge is 2.21. The number of hydrogen-bond donors (Lipinski definition) is 1. The monoisotopic (exact) mass is 408 g/mol. The number of benzene rings is 2. The molecule has 0 saturated heterocycles. The molecule has 0 radical (unpaired) electrons. The Morgan fingerprint density at radius 1 is 1.14 bits per heavy atom. The molecule has 0 aliphatic carbocycles. The first-order valence-electron chi connectivity index (χ1n) is 8.51. The molecule has 0 spiro atoms. The van der Waals surface area contributed by atoms with E-state index in [-0.39, 0.29) is 23.0 Å². The SMILES string of the molecule is COc1cc(C(=O)c2cc(-c3nccs3)ccc2-n2cncn2)cc(OC)c1O. The van der Waals surface area contributed by atoms with Crippen LogP contribution in [0.5, 0.6) is 17.2 Å². The number of phenolic OH excluding ortho intramolecular Hbond substituents is 1. The Balaban J connectivity index is 1.88. The smallest absolute Gasteiger partial charge is 0.200 e. The predicted molar refractivity (Wildman–Crippen MR) is 107 cm³/mol. The Hall–Kier alpha value is -3.72. The molecule has 0 fully saturated rings. The number of methoxy groups -OCH3 is 2. The van der Waals surface area contributed by atoms with Gasteiger partial charge in [-0.05, 0) is 30.3 Å². The first-order valence-corrected chi connectivity index (χ1v) is 9.39. The maximum atomic E-state index is 13.5. The minimum absolute atomic E-state index is 0.145. The topological polar surface area (TPSA) is 99.4 Å². The summed E-state index contributed by atoms with van der Waals surface area (Å²) >= 11 is 1.48. The highest BCUT2D eigenvalue weighted by molar-refractivity contribution is 7.13. The van der Waals surface area contributed by atoms with Gasteiger partial charge in [0.05, 0.1) is 19.9 Å². The van der Waals surface area contributed by atoms with Gasteiger partial charge in [-0.1, -0.05) is 0 Å². The van der Waals surface area contributed by atoms with Crippen LogP contribution in [0.1, 0.15) is 15.9 Å². The summed E-state index contributed by atoms with van der Waals surface area (Å²) in [5.41, 5.74) is 2.08. The van der Waals surface area contributed by atoms with Crippen LogP contribution < -0.4 is 9.47 Å². The summed E-state index contributed by atoms with van der Waals surface area (Å²) in [6.07, 6.45) is 4.63. The second-order valence-corrected chi connectivity index (χ2v) is 6.86. The van der Waals surface area contributed by atoms with Crippen molar-refractivity contribution in [1.82, 2.24) is 19.7 Å². The third-order valence-electron chi connectivity index (χ3n) is 4.33. The van der Waals surface area contributed by atoms with Crippen molar-refractivity contribution in [1.29, 1.82) is 0 Å². The van der Waals surface area contributed by atoms with Gasteiger partial charge in [-0.15, -0.1) is 11.3 Å².